The van der Waals surface area contributed by atoms with Crippen molar-refractivity contribution >= 4 is 61.7 Å². The number of piperidine rings is 1. The van der Waals surface area contributed by atoms with Crippen LogP contribution in [0, 0.1) is 6.92 Å². The van der Waals surface area contributed by atoms with Gasteiger partial charge in [-0.15, -0.1) is 0 Å². The molecule has 244 valence electrons. The number of anilines is 2. The number of ether oxygens (including phenoxy) is 1. The van der Waals surface area contributed by atoms with Crippen LogP contribution in [0.5, 0.6) is 0 Å². The molecule has 2 aliphatic heterocycles. The third-order valence-corrected chi connectivity index (χ3v) is 10.2. The zero-order valence-corrected chi connectivity index (χ0v) is 27.6. The summed E-state index contributed by atoms with van der Waals surface area (Å²) in [6.07, 6.45) is 4.43. The van der Waals surface area contributed by atoms with Crippen LogP contribution in [0.15, 0.2) is 66.0 Å². The van der Waals surface area contributed by atoms with Crippen molar-refractivity contribution < 1.29 is 22.8 Å². The molecular formula is C31H35Cl2N7O5S. The number of nitrogens with zero attached hydrogens (tertiary/aromatic N) is 6. The lowest BCUT2D eigenvalue weighted by Gasteiger charge is -2.40. The van der Waals surface area contributed by atoms with Crippen molar-refractivity contribution in [2.45, 2.75) is 30.7 Å². The normalized spacial score (nSPS) is 17.7. The number of hydrogen-bond acceptors (Lipinski definition) is 10. The first-order chi connectivity index (χ1) is 22.2. The Bertz CT molecular complexity index is 1780. The molecule has 0 saturated carbocycles. The summed E-state index contributed by atoms with van der Waals surface area (Å²) in [5.41, 5.74) is 1.93. The summed E-state index contributed by atoms with van der Waals surface area (Å²) in [6.45, 7) is 5.32. The summed E-state index contributed by atoms with van der Waals surface area (Å²) in [6, 6.07) is 13.4. The number of carbonyl (C=O) groups excluding carboxylic acids is 1. The van der Waals surface area contributed by atoms with Gasteiger partial charge < -0.3 is 19.9 Å². The molecule has 2 fully saturated rings. The molecule has 46 heavy (non-hydrogen) atoms. The lowest BCUT2D eigenvalue weighted by Crippen LogP contribution is -2.53. The molecule has 0 aliphatic carbocycles. The molecule has 1 atom stereocenters. The molecule has 6 rings (SSSR count). The zero-order chi connectivity index (χ0) is 32.3. The van der Waals surface area contributed by atoms with Gasteiger partial charge in [0.2, 0.25) is 5.91 Å². The third-order valence-electron chi connectivity index (χ3n) is 8.13. The molecule has 1 amide bonds. The minimum Gasteiger partial charge on any atom is -0.378 e. The van der Waals surface area contributed by atoms with E-state index >= 15 is 0 Å². The second-order valence-corrected chi connectivity index (χ2v) is 14.0. The summed E-state index contributed by atoms with van der Waals surface area (Å²) < 4.78 is 33.9. The van der Waals surface area contributed by atoms with Crippen molar-refractivity contribution in [2.24, 2.45) is 0 Å². The van der Waals surface area contributed by atoms with Crippen LogP contribution >= 0.6 is 23.2 Å². The van der Waals surface area contributed by atoms with E-state index in [1.165, 1.54) is 16.5 Å². The van der Waals surface area contributed by atoms with E-state index in [9.17, 15) is 13.2 Å². The Hall–Kier alpha value is -3.46. The second kappa shape index (κ2) is 14.1. The van der Waals surface area contributed by atoms with Crippen molar-refractivity contribution in [1.29, 1.82) is 0 Å². The van der Waals surface area contributed by atoms with Gasteiger partial charge in [0.05, 0.1) is 30.0 Å². The van der Waals surface area contributed by atoms with Crippen molar-refractivity contribution in [3.8, 4) is 0 Å². The average molecular weight is 689 g/mol. The number of nitrogens with one attached hydrogen (secondary N) is 1. The van der Waals surface area contributed by atoms with Crippen LogP contribution in [-0.2, 0) is 24.4 Å². The summed E-state index contributed by atoms with van der Waals surface area (Å²) in [7, 11) is -3.93. The molecule has 15 heteroatoms. The van der Waals surface area contributed by atoms with Crippen LogP contribution in [0.3, 0.4) is 0 Å². The highest BCUT2D eigenvalue weighted by molar-refractivity contribution is 7.90. The number of aryl methyl sites for hydroxylation is 1. The molecular weight excluding hydrogens is 653 g/mol. The molecule has 0 spiro atoms. The lowest BCUT2D eigenvalue weighted by molar-refractivity contribution is -0.165. The number of hydroxylamine groups is 2. The minimum absolute atomic E-state index is 0.0553. The Kier molecular flexibility index (Phi) is 9.97. The number of hydrogen-bond donors (Lipinski definition) is 1. The van der Waals surface area contributed by atoms with Gasteiger partial charge in [0.25, 0.3) is 10.0 Å². The maximum atomic E-state index is 13.6. The topological polar surface area (TPSA) is 122 Å². The van der Waals surface area contributed by atoms with Crippen molar-refractivity contribution in [3.05, 3.63) is 76.7 Å². The van der Waals surface area contributed by atoms with Gasteiger partial charge in [0.15, 0.2) is 5.65 Å². The molecule has 12 nitrogen and oxygen atoms in total. The Labute approximate surface area is 277 Å². The Morgan fingerprint density at radius 2 is 1.80 bits per heavy atom. The number of fused-ring (bicyclic) bond motifs is 1. The van der Waals surface area contributed by atoms with E-state index in [0.717, 1.165) is 24.1 Å². The van der Waals surface area contributed by atoms with Gasteiger partial charge in [-0.05, 0) is 56.2 Å². The fourth-order valence-electron chi connectivity index (χ4n) is 5.75. The molecule has 0 radical (unpaired) electrons. The van der Waals surface area contributed by atoms with Crippen molar-refractivity contribution in [3.63, 3.8) is 0 Å². The van der Waals surface area contributed by atoms with E-state index in [1.54, 1.807) is 53.4 Å². The second-order valence-electron chi connectivity index (χ2n) is 11.3. The highest BCUT2D eigenvalue weighted by atomic mass is 35.5. The number of amides is 1. The standard InChI is InChI=1S/C31H35Cl2N7O5S/c1-22-4-6-27(7-5-22)46(42,43)40-10-8-28-30(34-20-35-31(28)40)39(19-29(41)37-11-13-44-14-12-37)26-3-2-9-38(18-26)45-21-36-25-16-23(32)15-24(33)17-25/h4-8,10,15-17,20,26,36H,2-3,9,11-14,18-19,21H2,1H3/t26-/m1/s1. The quantitative estimate of drug-likeness (QED) is 0.240. The summed E-state index contributed by atoms with van der Waals surface area (Å²) in [5, 5.41) is 6.62. The van der Waals surface area contributed by atoms with Gasteiger partial charge in [0.1, 0.15) is 18.9 Å². The Balaban J connectivity index is 1.27. The number of morpholine rings is 1. The zero-order valence-electron chi connectivity index (χ0n) is 25.3. The predicted octanol–water partition coefficient (Wildman–Crippen LogP) is 4.41. The summed E-state index contributed by atoms with van der Waals surface area (Å²) in [4.78, 5) is 32.6. The smallest absolute Gasteiger partial charge is 0.269 e. The average Bonchev–Trinajstić information content (AvgIpc) is 3.50. The van der Waals surface area contributed by atoms with E-state index in [0.29, 0.717) is 60.6 Å². The van der Waals surface area contributed by atoms with Gasteiger partial charge in [-0.1, -0.05) is 40.9 Å². The molecule has 0 unspecified atom stereocenters. The highest BCUT2D eigenvalue weighted by Crippen LogP contribution is 2.31. The van der Waals surface area contributed by atoms with E-state index < -0.39 is 10.0 Å². The van der Waals surface area contributed by atoms with Gasteiger partial charge in [-0.2, -0.15) is 5.06 Å². The van der Waals surface area contributed by atoms with Crippen molar-refractivity contribution in [2.75, 3.05) is 62.9 Å². The van der Waals surface area contributed by atoms with Crippen LogP contribution in [0.25, 0.3) is 11.0 Å². The molecule has 0 bridgehead atoms. The first-order valence-electron chi connectivity index (χ1n) is 15.0. The van der Waals surface area contributed by atoms with Crippen LogP contribution in [0.2, 0.25) is 10.0 Å². The molecule has 4 aromatic rings. The molecule has 4 heterocycles. The lowest BCUT2D eigenvalue weighted by atomic mass is 10.0. The molecule has 2 aromatic heterocycles. The monoisotopic (exact) mass is 687 g/mol. The van der Waals surface area contributed by atoms with Gasteiger partial charge in [-0.25, -0.2) is 22.4 Å². The fraction of sp³-hybridized carbons (Fsp3) is 0.387. The van der Waals surface area contributed by atoms with Crippen LogP contribution < -0.4 is 10.2 Å². The fourth-order valence-corrected chi connectivity index (χ4v) is 7.58. The number of halogens is 2. The number of benzene rings is 2. The number of rotatable bonds is 10. The molecule has 2 aromatic carbocycles. The third kappa shape index (κ3) is 7.24. The van der Waals surface area contributed by atoms with Crippen LogP contribution in [0.1, 0.15) is 18.4 Å². The predicted molar refractivity (Wildman–Crippen MR) is 177 cm³/mol. The Morgan fingerprint density at radius 1 is 1.07 bits per heavy atom. The highest BCUT2D eigenvalue weighted by Gasteiger charge is 2.32. The van der Waals surface area contributed by atoms with E-state index in [1.807, 2.05) is 16.9 Å². The minimum atomic E-state index is -3.93. The van der Waals surface area contributed by atoms with Crippen molar-refractivity contribution in [1.82, 2.24) is 23.9 Å². The summed E-state index contributed by atoms with van der Waals surface area (Å²) in [5.74, 6) is 0.433. The van der Waals surface area contributed by atoms with Crippen LogP contribution in [0.4, 0.5) is 11.5 Å². The van der Waals surface area contributed by atoms with Crippen LogP contribution in [-0.4, -0.2) is 96.9 Å². The number of aromatic nitrogens is 3. The molecule has 1 N–H and O–H groups in total. The first kappa shape index (κ1) is 32.5. The maximum absolute atomic E-state index is 13.6. The Morgan fingerprint density at radius 3 is 2.54 bits per heavy atom. The SMILES string of the molecule is Cc1ccc(S(=O)(=O)n2ccc3c(N(CC(=O)N4CCOCC4)[C@@H]4CCCN(OCNc5cc(Cl)cc(Cl)c5)C4)ncnc32)cc1. The summed E-state index contributed by atoms with van der Waals surface area (Å²) >= 11 is 12.3. The van der Waals surface area contributed by atoms with Gasteiger partial charge in [-0.3, -0.25) is 9.63 Å². The largest absolute Gasteiger partial charge is 0.378 e. The van der Waals surface area contributed by atoms with E-state index in [2.05, 4.69) is 15.3 Å². The van der Waals surface area contributed by atoms with Gasteiger partial charge in [0, 0.05) is 54.2 Å². The molecule has 2 aliphatic rings. The maximum Gasteiger partial charge on any atom is 0.269 e. The first-order valence-corrected chi connectivity index (χ1v) is 17.2. The van der Waals surface area contributed by atoms with Gasteiger partial charge >= 0.3 is 0 Å². The number of carbonyl (C=O) groups is 1. The van der Waals surface area contributed by atoms with E-state index in [-0.39, 0.29) is 35.8 Å². The molecule has 2 saturated heterocycles. The van der Waals surface area contributed by atoms with E-state index in [4.69, 9.17) is 32.8 Å².